The van der Waals surface area contributed by atoms with Crippen LogP contribution >= 0.6 is 0 Å². The summed E-state index contributed by atoms with van der Waals surface area (Å²) in [4.78, 5) is 12.1. The Morgan fingerprint density at radius 3 is 2.52 bits per heavy atom. The van der Waals surface area contributed by atoms with E-state index >= 15 is 0 Å². The standard InChI is InChI=1S/C20H32O3/c1-18-7-3-8-19(2,17(22)23)15(18)6-9-20-10-13(4-5-16(18)20)14(11-20)12-21/h13-16,21H,3-12H2,1-2H3,(H,22,23)/t13-,14-,15-,16+,18-,19-,20+/m0/s1. The van der Waals surface area contributed by atoms with Crippen LogP contribution in [0.3, 0.4) is 0 Å². The second-order valence-electron chi connectivity index (χ2n) is 9.78. The van der Waals surface area contributed by atoms with Gasteiger partial charge in [0.1, 0.15) is 0 Å². The van der Waals surface area contributed by atoms with E-state index in [-0.39, 0.29) is 5.41 Å². The first-order valence-electron chi connectivity index (χ1n) is 9.70. The largest absolute Gasteiger partial charge is 0.481 e. The normalized spacial score (nSPS) is 55.1. The number of carboxylic acid groups (broad SMARTS) is 1. The van der Waals surface area contributed by atoms with Crippen molar-refractivity contribution in [3.8, 4) is 0 Å². The quantitative estimate of drug-likeness (QED) is 0.805. The lowest BCUT2D eigenvalue weighted by Crippen LogP contribution is -2.58. The predicted molar refractivity (Wildman–Crippen MR) is 88.9 cm³/mol. The molecule has 0 saturated heterocycles. The van der Waals surface area contributed by atoms with Crippen molar-refractivity contribution in [3.05, 3.63) is 0 Å². The molecule has 0 aromatic carbocycles. The number of aliphatic carboxylic acids is 1. The zero-order valence-corrected chi connectivity index (χ0v) is 14.7. The highest BCUT2D eigenvalue weighted by molar-refractivity contribution is 5.75. The van der Waals surface area contributed by atoms with Gasteiger partial charge >= 0.3 is 5.97 Å². The molecule has 0 aliphatic heterocycles. The molecule has 4 aliphatic carbocycles. The third-order valence-corrected chi connectivity index (χ3v) is 9.00. The molecule has 3 heteroatoms. The number of aliphatic hydroxyl groups excluding tert-OH is 1. The first kappa shape index (κ1) is 15.9. The minimum atomic E-state index is -0.572. The summed E-state index contributed by atoms with van der Waals surface area (Å²) in [6, 6.07) is 0. The Kier molecular flexibility index (Phi) is 3.44. The summed E-state index contributed by atoms with van der Waals surface area (Å²) in [5, 5.41) is 19.7. The van der Waals surface area contributed by atoms with Crippen LogP contribution in [0, 0.1) is 39.9 Å². The number of aliphatic hydroxyl groups is 1. The van der Waals surface area contributed by atoms with Crippen molar-refractivity contribution >= 4 is 5.97 Å². The van der Waals surface area contributed by atoms with Gasteiger partial charge in [0.15, 0.2) is 0 Å². The van der Waals surface area contributed by atoms with Gasteiger partial charge in [0.05, 0.1) is 5.41 Å². The number of hydrogen-bond donors (Lipinski definition) is 2. The van der Waals surface area contributed by atoms with Crippen molar-refractivity contribution < 1.29 is 15.0 Å². The van der Waals surface area contributed by atoms with E-state index in [1.54, 1.807) is 0 Å². The van der Waals surface area contributed by atoms with Crippen LogP contribution in [-0.2, 0) is 4.79 Å². The highest BCUT2D eigenvalue weighted by Crippen LogP contribution is 2.72. The van der Waals surface area contributed by atoms with Gasteiger partial charge in [-0.05, 0) is 92.8 Å². The average molecular weight is 320 g/mol. The summed E-state index contributed by atoms with van der Waals surface area (Å²) in [6.45, 7) is 4.80. The molecule has 7 atom stereocenters. The maximum atomic E-state index is 12.1. The number of hydrogen-bond acceptors (Lipinski definition) is 2. The topological polar surface area (TPSA) is 57.5 Å². The summed E-state index contributed by atoms with van der Waals surface area (Å²) in [6.07, 6.45) is 10.4. The van der Waals surface area contributed by atoms with Crippen molar-refractivity contribution in [3.63, 3.8) is 0 Å². The number of carbonyl (C=O) groups is 1. The Morgan fingerprint density at radius 1 is 1.04 bits per heavy atom. The average Bonchev–Trinajstić information content (AvgIpc) is 2.77. The van der Waals surface area contributed by atoms with Gasteiger partial charge in [-0.2, -0.15) is 0 Å². The Labute approximate surface area is 139 Å². The SMILES string of the molecule is C[C@]12CCC[C@](C)(C(=O)O)[C@H]1CC[C@@]13C[C@@H](CO)[C@@H](CC[C@@H]12)C3. The van der Waals surface area contributed by atoms with Crippen LogP contribution in [0.4, 0.5) is 0 Å². The van der Waals surface area contributed by atoms with Crippen LogP contribution in [0.25, 0.3) is 0 Å². The van der Waals surface area contributed by atoms with Gasteiger partial charge in [-0.3, -0.25) is 4.79 Å². The Morgan fingerprint density at radius 2 is 1.83 bits per heavy atom. The summed E-state index contributed by atoms with van der Waals surface area (Å²) in [7, 11) is 0. The second kappa shape index (κ2) is 4.97. The Hall–Kier alpha value is -0.570. The smallest absolute Gasteiger partial charge is 0.309 e. The van der Waals surface area contributed by atoms with E-state index in [2.05, 4.69) is 6.92 Å². The molecular formula is C20H32O3. The summed E-state index contributed by atoms with van der Waals surface area (Å²) >= 11 is 0. The third kappa shape index (κ3) is 1.95. The first-order chi connectivity index (χ1) is 10.9. The molecule has 0 aromatic rings. The lowest BCUT2D eigenvalue weighted by molar-refractivity contribution is -0.181. The van der Waals surface area contributed by atoms with E-state index in [0.29, 0.717) is 29.8 Å². The van der Waals surface area contributed by atoms with Gasteiger partial charge in [0, 0.05) is 6.61 Å². The zero-order chi connectivity index (χ0) is 16.5. The molecule has 4 saturated carbocycles. The molecule has 23 heavy (non-hydrogen) atoms. The van der Waals surface area contributed by atoms with Crippen LogP contribution in [0.15, 0.2) is 0 Å². The van der Waals surface area contributed by atoms with Crippen molar-refractivity contribution in [2.45, 2.75) is 71.6 Å². The van der Waals surface area contributed by atoms with Crippen LogP contribution in [-0.4, -0.2) is 22.8 Å². The molecule has 4 rings (SSSR count). The maximum absolute atomic E-state index is 12.1. The minimum absolute atomic E-state index is 0.193. The highest BCUT2D eigenvalue weighted by Gasteiger charge is 2.65. The fraction of sp³-hybridized carbons (Fsp3) is 0.950. The van der Waals surface area contributed by atoms with Crippen molar-refractivity contribution in [2.75, 3.05) is 6.61 Å². The highest BCUT2D eigenvalue weighted by atomic mass is 16.4. The Balaban J connectivity index is 1.71. The first-order valence-corrected chi connectivity index (χ1v) is 9.70. The van der Waals surface area contributed by atoms with Gasteiger partial charge in [-0.15, -0.1) is 0 Å². The molecule has 2 bridgehead atoms. The molecule has 0 aromatic heterocycles. The fourth-order valence-corrected chi connectivity index (χ4v) is 8.06. The van der Waals surface area contributed by atoms with E-state index in [1.807, 2.05) is 6.92 Å². The minimum Gasteiger partial charge on any atom is -0.481 e. The molecule has 130 valence electrons. The lowest BCUT2D eigenvalue weighted by Gasteiger charge is -2.63. The van der Waals surface area contributed by atoms with Crippen LogP contribution < -0.4 is 0 Å². The third-order valence-electron chi connectivity index (χ3n) is 9.00. The van der Waals surface area contributed by atoms with E-state index in [1.165, 1.54) is 38.5 Å². The van der Waals surface area contributed by atoms with Crippen molar-refractivity contribution in [1.82, 2.24) is 0 Å². The fourth-order valence-electron chi connectivity index (χ4n) is 8.06. The molecule has 0 unspecified atom stereocenters. The summed E-state index contributed by atoms with van der Waals surface area (Å²) in [5.41, 5.74) is 0.0811. The van der Waals surface area contributed by atoms with Gasteiger partial charge in [-0.1, -0.05) is 13.3 Å². The number of rotatable bonds is 2. The predicted octanol–water partition coefficient (Wildman–Crippen LogP) is 4.09. The molecule has 4 fully saturated rings. The second-order valence-corrected chi connectivity index (χ2v) is 9.78. The molecule has 4 aliphatic rings. The van der Waals surface area contributed by atoms with E-state index in [9.17, 15) is 15.0 Å². The molecule has 0 heterocycles. The molecule has 1 spiro atoms. The maximum Gasteiger partial charge on any atom is 0.309 e. The molecular weight excluding hydrogens is 288 g/mol. The molecule has 0 amide bonds. The number of carboxylic acids is 1. The summed E-state index contributed by atoms with van der Waals surface area (Å²) < 4.78 is 0. The van der Waals surface area contributed by atoms with Gasteiger partial charge in [0.2, 0.25) is 0 Å². The molecule has 0 radical (unpaired) electrons. The van der Waals surface area contributed by atoms with Crippen LogP contribution in [0.5, 0.6) is 0 Å². The van der Waals surface area contributed by atoms with E-state index in [4.69, 9.17) is 0 Å². The monoisotopic (exact) mass is 320 g/mol. The van der Waals surface area contributed by atoms with E-state index < -0.39 is 11.4 Å². The van der Waals surface area contributed by atoms with Crippen LogP contribution in [0.2, 0.25) is 0 Å². The van der Waals surface area contributed by atoms with Crippen molar-refractivity contribution in [2.24, 2.45) is 39.9 Å². The van der Waals surface area contributed by atoms with Crippen molar-refractivity contribution in [1.29, 1.82) is 0 Å². The molecule has 3 nitrogen and oxygen atoms in total. The van der Waals surface area contributed by atoms with Gasteiger partial charge in [0.25, 0.3) is 0 Å². The van der Waals surface area contributed by atoms with Gasteiger partial charge < -0.3 is 10.2 Å². The summed E-state index contributed by atoms with van der Waals surface area (Å²) in [5.74, 6) is 1.68. The molecule has 2 N–H and O–H groups in total. The van der Waals surface area contributed by atoms with Crippen LogP contribution in [0.1, 0.15) is 71.6 Å². The Bertz CT molecular complexity index is 517. The lowest BCUT2D eigenvalue weighted by atomic mass is 9.41. The number of fused-ring (bicyclic) bond motifs is 3. The van der Waals surface area contributed by atoms with E-state index in [0.717, 1.165) is 25.2 Å². The zero-order valence-electron chi connectivity index (χ0n) is 14.7. The van der Waals surface area contributed by atoms with Gasteiger partial charge in [-0.25, -0.2) is 0 Å².